The molecule has 0 atom stereocenters. The monoisotopic (exact) mass is 222 g/mol. The van der Waals surface area contributed by atoms with E-state index in [0.29, 0.717) is 4.88 Å². The summed E-state index contributed by atoms with van der Waals surface area (Å²) in [6, 6.07) is 5.59. The van der Waals surface area contributed by atoms with Gasteiger partial charge in [0.15, 0.2) is 0 Å². The Labute approximate surface area is 90.9 Å². The molecule has 0 aliphatic carbocycles. The van der Waals surface area contributed by atoms with Crippen LogP contribution in [0.2, 0.25) is 0 Å². The second-order valence-electron chi connectivity index (χ2n) is 3.22. The van der Waals surface area contributed by atoms with Crippen LogP contribution >= 0.6 is 11.3 Å². The number of aromatic carboxylic acids is 1. The maximum atomic E-state index is 10.9. The Balaban J connectivity index is 2.72. The van der Waals surface area contributed by atoms with E-state index in [9.17, 15) is 4.79 Å². The van der Waals surface area contributed by atoms with Crippen LogP contribution in [0, 0.1) is 6.92 Å². The number of rotatable bonds is 2. The lowest BCUT2D eigenvalue weighted by atomic mass is 10.1. The zero-order valence-electron chi connectivity index (χ0n) is 8.40. The maximum absolute atomic E-state index is 10.9. The summed E-state index contributed by atoms with van der Waals surface area (Å²) in [5.41, 5.74) is 0.807. The van der Waals surface area contributed by atoms with Gasteiger partial charge in [-0.2, -0.15) is 0 Å². The fraction of sp³-hybridized carbons (Fsp3) is 0.182. The molecule has 1 heterocycles. The molecule has 1 aromatic carbocycles. The van der Waals surface area contributed by atoms with Gasteiger partial charge in [-0.25, -0.2) is 4.79 Å². The van der Waals surface area contributed by atoms with Gasteiger partial charge >= 0.3 is 5.97 Å². The van der Waals surface area contributed by atoms with E-state index < -0.39 is 5.97 Å². The molecule has 4 heteroatoms. The highest BCUT2D eigenvalue weighted by molar-refractivity contribution is 7.21. The normalized spacial score (nSPS) is 10.5. The summed E-state index contributed by atoms with van der Waals surface area (Å²) in [5, 5.41) is 9.93. The van der Waals surface area contributed by atoms with Crippen LogP contribution in [-0.2, 0) is 0 Å². The molecule has 15 heavy (non-hydrogen) atoms. The van der Waals surface area contributed by atoms with Crippen LogP contribution in [0.3, 0.4) is 0 Å². The van der Waals surface area contributed by atoms with Crippen molar-refractivity contribution in [2.45, 2.75) is 6.92 Å². The largest absolute Gasteiger partial charge is 0.497 e. The number of methoxy groups -OCH3 is 1. The number of carbonyl (C=O) groups is 1. The smallest absolute Gasteiger partial charge is 0.346 e. The summed E-state index contributed by atoms with van der Waals surface area (Å²) in [6.45, 7) is 1.82. The van der Waals surface area contributed by atoms with E-state index >= 15 is 0 Å². The van der Waals surface area contributed by atoms with Crippen LogP contribution < -0.4 is 4.74 Å². The molecule has 0 spiro atoms. The first-order chi connectivity index (χ1) is 7.13. The summed E-state index contributed by atoms with van der Waals surface area (Å²) in [6.07, 6.45) is 0. The van der Waals surface area contributed by atoms with Crippen LogP contribution in [0.25, 0.3) is 10.1 Å². The Morgan fingerprint density at radius 1 is 1.47 bits per heavy atom. The first kappa shape index (κ1) is 9.98. The average molecular weight is 222 g/mol. The number of carboxylic acids is 1. The van der Waals surface area contributed by atoms with Gasteiger partial charge in [0.2, 0.25) is 0 Å². The zero-order chi connectivity index (χ0) is 11.0. The molecule has 0 amide bonds. The van der Waals surface area contributed by atoms with Gasteiger partial charge in [0, 0.05) is 4.70 Å². The fourth-order valence-electron chi connectivity index (χ4n) is 1.53. The minimum absolute atomic E-state index is 0.401. The minimum Gasteiger partial charge on any atom is -0.497 e. The average Bonchev–Trinajstić information content (AvgIpc) is 2.56. The van der Waals surface area contributed by atoms with E-state index in [-0.39, 0.29) is 0 Å². The number of benzene rings is 1. The second kappa shape index (κ2) is 3.55. The van der Waals surface area contributed by atoms with Crippen molar-refractivity contribution in [3.05, 3.63) is 28.6 Å². The predicted octanol–water partition coefficient (Wildman–Crippen LogP) is 2.92. The van der Waals surface area contributed by atoms with Gasteiger partial charge in [0.25, 0.3) is 0 Å². The van der Waals surface area contributed by atoms with E-state index in [1.807, 2.05) is 25.1 Å². The number of ether oxygens (including phenoxy) is 1. The molecule has 1 aromatic heterocycles. The molecule has 78 valence electrons. The Morgan fingerprint density at radius 3 is 2.80 bits per heavy atom. The van der Waals surface area contributed by atoms with Gasteiger partial charge in [0.05, 0.1) is 7.11 Å². The molecule has 0 unspecified atom stereocenters. The second-order valence-corrected chi connectivity index (χ2v) is 4.28. The molecular formula is C11H10O3S. The summed E-state index contributed by atoms with van der Waals surface area (Å²) in [7, 11) is 1.60. The van der Waals surface area contributed by atoms with Crippen LogP contribution in [-0.4, -0.2) is 18.2 Å². The summed E-state index contributed by atoms with van der Waals surface area (Å²) in [5.74, 6) is -0.118. The van der Waals surface area contributed by atoms with Crippen molar-refractivity contribution in [2.75, 3.05) is 7.11 Å². The predicted molar refractivity (Wildman–Crippen MR) is 60.1 cm³/mol. The molecule has 0 saturated heterocycles. The van der Waals surface area contributed by atoms with Gasteiger partial charge in [0.1, 0.15) is 10.6 Å². The molecule has 3 nitrogen and oxygen atoms in total. The van der Waals surface area contributed by atoms with Gasteiger partial charge < -0.3 is 9.84 Å². The van der Waals surface area contributed by atoms with E-state index in [0.717, 1.165) is 21.4 Å². The quantitative estimate of drug-likeness (QED) is 0.849. The molecule has 2 aromatic rings. The third kappa shape index (κ3) is 1.57. The van der Waals surface area contributed by atoms with Crippen LogP contribution in [0.15, 0.2) is 18.2 Å². The number of hydrogen-bond donors (Lipinski definition) is 1. The summed E-state index contributed by atoms with van der Waals surface area (Å²) in [4.78, 5) is 11.3. The van der Waals surface area contributed by atoms with Crippen LogP contribution in [0.5, 0.6) is 5.75 Å². The summed E-state index contributed by atoms with van der Waals surface area (Å²) < 4.78 is 6.08. The Bertz CT molecular complexity index is 528. The lowest BCUT2D eigenvalue weighted by molar-refractivity contribution is 0.0701. The standard InChI is InChI=1S/C11H10O3S/c1-6-8-5-7(14-2)3-4-9(8)15-10(6)11(12)13/h3-5H,1-2H3,(H,12,13). The SMILES string of the molecule is COc1ccc2sc(C(=O)O)c(C)c2c1. The van der Waals surface area contributed by atoms with E-state index in [1.165, 1.54) is 11.3 Å². The number of hydrogen-bond acceptors (Lipinski definition) is 3. The van der Waals surface area contributed by atoms with E-state index in [4.69, 9.17) is 9.84 Å². The highest BCUT2D eigenvalue weighted by atomic mass is 32.1. The molecule has 0 saturated carbocycles. The van der Waals surface area contributed by atoms with E-state index in [2.05, 4.69) is 0 Å². The first-order valence-corrected chi connectivity index (χ1v) is 5.25. The zero-order valence-corrected chi connectivity index (χ0v) is 9.22. The molecule has 0 fully saturated rings. The van der Waals surface area contributed by atoms with Crippen molar-refractivity contribution in [3.8, 4) is 5.75 Å². The van der Waals surface area contributed by atoms with Gasteiger partial charge in [-0.15, -0.1) is 11.3 Å². The first-order valence-electron chi connectivity index (χ1n) is 4.44. The van der Waals surface area contributed by atoms with Crippen LogP contribution in [0.1, 0.15) is 15.2 Å². The fourth-order valence-corrected chi connectivity index (χ4v) is 2.56. The van der Waals surface area contributed by atoms with Crippen molar-refractivity contribution in [1.29, 1.82) is 0 Å². The lowest BCUT2D eigenvalue weighted by Gasteiger charge is -1.98. The molecule has 0 bridgehead atoms. The Kier molecular flexibility index (Phi) is 2.36. The molecule has 0 aliphatic rings. The molecular weight excluding hydrogens is 212 g/mol. The highest BCUT2D eigenvalue weighted by Gasteiger charge is 2.14. The molecule has 1 N–H and O–H groups in total. The Morgan fingerprint density at radius 2 is 2.20 bits per heavy atom. The van der Waals surface area contributed by atoms with Crippen molar-refractivity contribution in [1.82, 2.24) is 0 Å². The number of thiophene rings is 1. The van der Waals surface area contributed by atoms with Crippen molar-refractivity contribution in [2.24, 2.45) is 0 Å². The van der Waals surface area contributed by atoms with Gasteiger partial charge in [-0.3, -0.25) is 0 Å². The van der Waals surface area contributed by atoms with Gasteiger partial charge in [-0.1, -0.05) is 0 Å². The van der Waals surface area contributed by atoms with Crippen molar-refractivity contribution >= 4 is 27.4 Å². The third-order valence-electron chi connectivity index (χ3n) is 2.34. The number of aryl methyl sites for hydroxylation is 1. The van der Waals surface area contributed by atoms with Crippen molar-refractivity contribution < 1.29 is 14.6 Å². The Hall–Kier alpha value is -1.55. The maximum Gasteiger partial charge on any atom is 0.346 e. The molecule has 2 rings (SSSR count). The van der Waals surface area contributed by atoms with E-state index in [1.54, 1.807) is 7.11 Å². The lowest BCUT2D eigenvalue weighted by Crippen LogP contribution is -1.93. The summed E-state index contributed by atoms with van der Waals surface area (Å²) >= 11 is 1.30. The molecule has 0 aliphatic heterocycles. The number of carboxylic acid groups (broad SMARTS) is 1. The van der Waals surface area contributed by atoms with Gasteiger partial charge in [-0.05, 0) is 36.1 Å². The molecule has 0 radical (unpaired) electrons. The highest BCUT2D eigenvalue weighted by Crippen LogP contribution is 2.33. The number of fused-ring (bicyclic) bond motifs is 1. The van der Waals surface area contributed by atoms with Crippen molar-refractivity contribution in [3.63, 3.8) is 0 Å². The third-order valence-corrected chi connectivity index (χ3v) is 3.60. The van der Waals surface area contributed by atoms with Crippen LogP contribution in [0.4, 0.5) is 0 Å². The minimum atomic E-state index is -0.868. The topological polar surface area (TPSA) is 46.5 Å².